The van der Waals surface area contributed by atoms with Crippen molar-refractivity contribution < 1.29 is 13.2 Å². The third-order valence-electron chi connectivity index (χ3n) is 3.78. The van der Waals surface area contributed by atoms with Crippen LogP contribution in [-0.4, -0.2) is 32.4 Å². The quantitative estimate of drug-likeness (QED) is 0.632. The summed E-state index contributed by atoms with van der Waals surface area (Å²) in [5, 5.41) is 20.4. The summed E-state index contributed by atoms with van der Waals surface area (Å²) in [5.41, 5.74) is 2.56. The number of carbonyl (C=O) groups is 1. The van der Waals surface area contributed by atoms with E-state index in [2.05, 4.69) is 11.4 Å². The van der Waals surface area contributed by atoms with E-state index in [-0.39, 0.29) is 5.75 Å². The molecular formula is C20H19N3O3S2. The highest BCUT2D eigenvalue weighted by Crippen LogP contribution is 2.15. The molecule has 1 N–H and O–H groups in total. The van der Waals surface area contributed by atoms with Crippen molar-refractivity contribution in [3.05, 3.63) is 70.8 Å². The first kappa shape index (κ1) is 21.5. The summed E-state index contributed by atoms with van der Waals surface area (Å²) in [6.07, 6.45) is 0. The Morgan fingerprint density at radius 1 is 1.04 bits per heavy atom. The predicted octanol–water partition coefficient (Wildman–Crippen LogP) is 2.39. The van der Waals surface area contributed by atoms with E-state index < -0.39 is 21.5 Å². The van der Waals surface area contributed by atoms with Crippen LogP contribution in [0.15, 0.2) is 48.5 Å². The number of nitrogens with one attached hydrogen (secondary N) is 1. The molecule has 2 aromatic rings. The molecule has 0 heterocycles. The maximum atomic E-state index is 12.1. The number of hydrogen-bond acceptors (Lipinski definition) is 6. The van der Waals surface area contributed by atoms with Gasteiger partial charge in [0.05, 0.1) is 29.0 Å². The number of rotatable bonds is 9. The molecule has 8 heteroatoms. The van der Waals surface area contributed by atoms with Gasteiger partial charge in [-0.1, -0.05) is 30.3 Å². The van der Waals surface area contributed by atoms with Crippen molar-refractivity contribution in [1.82, 2.24) is 5.32 Å². The van der Waals surface area contributed by atoms with Gasteiger partial charge in [-0.3, -0.25) is 4.79 Å². The second-order valence-corrected chi connectivity index (χ2v) is 9.18. The van der Waals surface area contributed by atoms with Gasteiger partial charge in [-0.2, -0.15) is 22.3 Å². The molecule has 0 atom stereocenters. The maximum absolute atomic E-state index is 12.1. The van der Waals surface area contributed by atoms with Crippen LogP contribution in [0.25, 0.3) is 0 Å². The Kier molecular flexibility index (Phi) is 8.06. The van der Waals surface area contributed by atoms with Gasteiger partial charge in [-0.05, 0) is 29.3 Å². The molecule has 144 valence electrons. The molecule has 1 amide bonds. The Balaban J connectivity index is 1.72. The molecule has 0 aliphatic rings. The summed E-state index contributed by atoms with van der Waals surface area (Å²) in [4.78, 5) is 11.9. The molecular weight excluding hydrogens is 394 g/mol. The lowest BCUT2D eigenvalue weighted by Crippen LogP contribution is -2.32. The van der Waals surface area contributed by atoms with Gasteiger partial charge in [0, 0.05) is 18.1 Å². The average Bonchev–Trinajstić information content (AvgIpc) is 2.68. The molecule has 0 saturated heterocycles. The number of nitrogens with zero attached hydrogens (tertiary/aromatic N) is 2. The zero-order valence-corrected chi connectivity index (χ0v) is 16.7. The van der Waals surface area contributed by atoms with Crippen LogP contribution in [-0.2, 0) is 26.1 Å². The van der Waals surface area contributed by atoms with E-state index in [0.717, 1.165) is 5.56 Å². The van der Waals surface area contributed by atoms with Crippen molar-refractivity contribution in [3.8, 4) is 12.1 Å². The number of amides is 1. The molecule has 0 aromatic heterocycles. The molecule has 6 nitrogen and oxygen atoms in total. The topological polar surface area (TPSA) is 111 Å². The lowest BCUT2D eigenvalue weighted by Gasteiger charge is -2.07. The molecule has 0 bridgehead atoms. The van der Waals surface area contributed by atoms with Gasteiger partial charge in [-0.15, -0.1) is 0 Å². The number of thioether (sulfide) groups is 1. The molecule has 0 unspecified atom stereocenters. The summed E-state index contributed by atoms with van der Waals surface area (Å²) in [5.74, 6) is -0.0925. The van der Waals surface area contributed by atoms with E-state index in [1.54, 1.807) is 42.1 Å². The first-order chi connectivity index (χ1) is 13.4. The van der Waals surface area contributed by atoms with Crippen molar-refractivity contribution in [2.45, 2.75) is 11.5 Å². The highest BCUT2D eigenvalue weighted by atomic mass is 32.2. The van der Waals surface area contributed by atoms with Gasteiger partial charge in [-0.25, -0.2) is 8.42 Å². The summed E-state index contributed by atoms with van der Waals surface area (Å²) in [7, 11) is -3.59. The van der Waals surface area contributed by atoms with E-state index in [0.29, 0.717) is 34.7 Å². The van der Waals surface area contributed by atoms with Gasteiger partial charge in [0.2, 0.25) is 5.91 Å². The zero-order valence-electron chi connectivity index (χ0n) is 15.1. The average molecular weight is 414 g/mol. The minimum absolute atomic E-state index is 0.244. The van der Waals surface area contributed by atoms with Crippen LogP contribution in [0.5, 0.6) is 0 Å². The van der Waals surface area contributed by atoms with Crippen molar-refractivity contribution in [1.29, 1.82) is 10.5 Å². The second kappa shape index (κ2) is 10.5. The molecule has 0 aliphatic carbocycles. The van der Waals surface area contributed by atoms with Gasteiger partial charge in [0.15, 0.2) is 9.84 Å². The Hall–Kier alpha value is -2.81. The number of nitriles is 2. The molecule has 28 heavy (non-hydrogen) atoms. The zero-order chi connectivity index (χ0) is 20.4. The first-order valence-corrected chi connectivity index (χ1v) is 11.4. The highest BCUT2D eigenvalue weighted by Gasteiger charge is 2.17. The first-order valence-electron chi connectivity index (χ1n) is 8.45. The van der Waals surface area contributed by atoms with E-state index in [4.69, 9.17) is 10.5 Å². The van der Waals surface area contributed by atoms with E-state index in [1.807, 2.05) is 24.3 Å². The minimum atomic E-state index is -3.59. The van der Waals surface area contributed by atoms with E-state index in [9.17, 15) is 13.2 Å². The Morgan fingerprint density at radius 2 is 1.75 bits per heavy atom. The van der Waals surface area contributed by atoms with Crippen LogP contribution in [0.1, 0.15) is 22.3 Å². The number of sulfone groups is 1. The summed E-state index contributed by atoms with van der Waals surface area (Å²) >= 11 is 1.56. The third kappa shape index (κ3) is 7.07. The SMILES string of the molecule is N#Cc1ccc(CS(=O)(=O)CC(=O)NCCSCc2ccccc2C#N)cc1. The van der Waals surface area contributed by atoms with Crippen molar-refractivity contribution in [2.24, 2.45) is 0 Å². The molecule has 0 fully saturated rings. The van der Waals surface area contributed by atoms with Crippen LogP contribution in [0.2, 0.25) is 0 Å². The Morgan fingerprint density at radius 3 is 2.43 bits per heavy atom. The fourth-order valence-electron chi connectivity index (χ4n) is 2.43. The smallest absolute Gasteiger partial charge is 0.235 e. The van der Waals surface area contributed by atoms with Gasteiger partial charge >= 0.3 is 0 Å². The van der Waals surface area contributed by atoms with E-state index in [1.165, 1.54) is 0 Å². The van der Waals surface area contributed by atoms with Crippen molar-refractivity contribution in [3.63, 3.8) is 0 Å². The Bertz CT molecular complexity index is 1000. The van der Waals surface area contributed by atoms with Crippen LogP contribution < -0.4 is 5.32 Å². The predicted molar refractivity (Wildman–Crippen MR) is 109 cm³/mol. The van der Waals surface area contributed by atoms with Gasteiger partial charge < -0.3 is 5.32 Å². The summed E-state index contributed by atoms with van der Waals surface area (Å²) in [6.45, 7) is 0.352. The fourth-order valence-corrected chi connectivity index (χ4v) is 4.60. The normalized spacial score (nSPS) is 10.6. The lowest BCUT2D eigenvalue weighted by molar-refractivity contribution is -0.118. The number of carbonyl (C=O) groups excluding carboxylic acids is 1. The molecule has 2 rings (SSSR count). The van der Waals surface area contributed by atoms with Crippen LogP contribution in [0.4, 0.5) is 0 Å². The molecule has 0 saturated carbocycles. The molecule has 0 spiro atoms. The van der Waals surface area contributed by atoms with E-state index >= 15 is 0 Å². The second-order valence-electron chi connectivity index (χ2n) is 6.01. The standard InChI is InChI=1S/C20H19N3O3S2/c21-11-16-5-7-17(8-6-16)14-28(25,26)15-20(24)23-9-10-27-13-19-4-2-1-3-18(19)12-22/h1-8H,9-10,13-15H2,(H,23,24). The molecule has 2 aromatic carbocycles. The fraction of sp³-hybridized carbons (Fsp3) is 0.250. The van der Waals surface area contributed by atoms with Crippen molar-refractivity contribution in [2.75, 3.05) is 18.1 Å². The largest absolute Gasteiger partial charge is 0.354 e. The van der Waals surface area contributed by atoms with Crippen molar-refractivity contribution >= 4 is 27.5 Å². The maximum Gasteiger partial charge on any atom is 0.235 e. The lowest BCUT2D eigenvalue weighted by atomic mass is 10.1. The van der Waals surface area contributed by atoms with Crippen LogP contribution in [0, 0.1) is 22.7 Å². The number of benzene rings is 2. The number of hydrogen-bond donors (Lipinski definition) is 1. The van der Waals surface area contributed by atoms with Crippen LogP contribution >= 0.6 is 11.8 Å². The monoisotopic (exact) mass is 413 g/mol. The molecule has 0 aliphatic heterocycles. The van der Waals surface area contributed by atoms with Crippen LogP contribution in [0.3, 0.4) is 0 Å². The summed E-state index contributed by atoms with van der Waals surface area (Å²) in [6, 6.07) is 17.7. The molecule has 0 radical (unpaired) electrons. The summed E-state index contributed by atoms with van der Waals surface area (Å²) < 4.78 is 24.3. The third-order valence-corrected chi connectivity index (χ3v) is 6.27. The highest BCUT2D eigenvalue weighted by molar-refractivity contribution is 7.98. The van der Waals surface area contributed by atoms with Gasteiger partial charge in [0.1, 0.15) is 5.75 Å². The Labute approximate surface area is 169 Å². The van der Waals surface area contributed by atoms with Gasteiger partial charge in [0.25, 0.3) is 0 Å². The minimum Gasteiger partial charge on any atom is -0.354 e.